The van der Waals surface area contributed by atoms with Crippen molar-refractivity contribution in [1.29, 1.82) is 0 Å². The number of hydrogen-bond acceptors (Lipinski definition) is 4. The molecule has 0 saturated heterocycles. The molecular formula is C13H15BrN2O2S2. The van der Waals surface area contributed by atoms with E-state index in [0.717, 1.165) is 4.88 Å². The van der Waals surface area contributed by atoms with Gasteiger partial charge in [0.25, 0.3) is 0 Å². The number of nitrogens with zero attached hydrogens (tertiary/aromatic N) is 1. The van der Waals surface area contributed by atoms with Crippen LogP contribution in [-0.4, -0.2) is 19.3 Å². The topological polar surface area (TPSA) is 63.4 Å². The second-order valence-electron chi connectivity index (χ2n) is 4.19. The number of halogens is 1. The lowest BCUT2D eigenvalue weighted by Crippen LogP contribution is -2.30. The predicted octanol–water partition coefficient (Wildman–Crippen LogP) is 3.30. The fourth-order valence-corrected chi connectivity index (χ4v) is 4.70. The Kier molecular flexibility index (Phi) is 4.85. The highest BCUT2D eigenvalue weighted by molar-refractivity contribution is 9.10. The summed E-state index contributed by atoms with van der Waals surface area (Å²) in [5, 5.41) is 1.93. The van der Waals surface area contributed by atoms with E-state index in [1.54, 1.807) is 18.2 Å². The first kappa shape index (κ1) is 15.5. The minimum Gasteiger partial charge on any atom is -0.398 e. The molecule has 0 atom stereocenters. The average molecular weight is 375 g/mol. The maximum atomic E-state index is 12.7. The molecule has 0 aliphatic carbocycles. The van der Waals surface area contributed by atoms with Gasteiger partial charge in [-0.1, -0.05) is 28.9 Å². The molecule has 0 radical (unpaired) electrons. The fraction of sp³-hybridized carbons (Fsp3) is 0.231. The van der Waals surface area contributed by atoms with E-state index in [0.29, 0.717) is 17.6 Å². The molecule has 1 heterocycles. The van der Waals surface area contributed by atoms with Gasteiger partial charge >= 0.3 is 0 Å². The van der Waals surface area contributed by atoms with Crippen LogP contribution in [0.15, 0.2) is 45.1 Å². The van der Waals surface area contributed by atoms with Crippen LogP contribution in [0.25, 0.3) is 0 Å². The maximum absolute atomic E-state index is 12.7. The zero-order valence-corrected chi connectivity index (χ0v) is 14.1. The molecule has 7 heteroatoms. The van der Waals surface area contributed by atoms with Crippen LogP contribution in [0, 0.1) is 0 Å². The van der Waals surface area contributed by atoms with E-state index < -0.39 is 10.0 Å². The smallest absolute Gasteiger partial charge is 0.245 e. The number of thiophene rings is 1. The summed E-state index contributed by atoms with van der Waals surface area (Å²) in [4.78, 5) is 1.15. The lowest BCUT2D eigenvalue weighted by atomic mass is 10.3. The number of nitrogens with two attached hydrogens (primary N) is 1. The Bertz CT molecular complexity index is 684. The van der Waals surface area contributed by atoms with Crippen LogP contribution < -0.4 is 5.73 Å². The molecule has 0 saturated carbocycles. The van der Waals surface area contributed by atoms with Crippen LogP contribution >= 0.6 is 27.3 Å². The highest BCUT2D eigenvalue weighted by Gasteiger charge is 2.25. The van der Waals surface area contributed by atoms with Crippen molar-refractivity contribution in [2.75, 3.05) is 12.3 Å². The first-order valence-electron chi connectivity index (χ1n) is 6.02. The van der Waals surface area contributed by atoms with Gasteiger partial charge in [-0.05, 0) is 29.6 Å². The Balaban J connectivity index is 2.38. The Morgan fingerprint density at radius 2 is 2.10 bits per heavy atom. The second-order valence-corrected chi connectivity index (χ2v) is 8.05. The van der Waals surface area contributed by atoms with Crippen LogP contribution in [-0.2, 0) is 16.6 Å². The molecule has 0 bridgehead atoms. The van der Waals surface area contributed by atoms with Crippen LogP contribution in [0.3, 0.4) is 0 Å². The number of anilines is 1. The Labute approximate surface area is 131 Å². The van der Waals surface area contributed by atoms with E-state index in [1.807, 2.05) is 24.4 Å². The summed E-state index contributed by atoms with van der Waals surface area (Å²) in [5.74, 6) is 0. The lowest BCUT2D eigenvalue weighted by molar-refractivity contribution is 0.426. The summed E-state index contributed by atoms with van der Waals surface area (Å²) in [6, 6.07) is 8.70. The molecule has 108 valence electrons. The molecule has 2 aromatic rings. The van der Waals surface area contributed by atoms with Crippen molar-refractivity contribution in [2.24, 2.45) is 0 Å². The van der Waals surface area contributed by atoms with Gasteiger partial charge in [-0.25, -0.2) is 8.42 Å². The SMILES string of the molecule is CCN(Cc1cccs1)S(=O)(=O)c1cc(Br)ccc1N. The molecule has 1 aromatic heterocycles. The fourth-order valence-electron chi connectivity index (χ4n) is 1.81. The summed E-state index contributed by atoms with van der Waals surface area (Å²) in [6.45, 7) is 2.58. The van der Waals surface area contributed by atoms with Gasteiger partial charge in [0.2, 0.25) is 10.0 Å². The standard InChI is InChI=1S/C13H15BrN2O2S2/c1-2-16(9-11-4-3-7-19-11)20(17,18)13-8-10(14)5-6-12(13)15/h3-8H,2,9,15H2,1H3. The Morgan fingerprint density at radius 3 is 2.70 bits per heavy atom. The molecule has 0 fully saturated rings. The van der Waals surface area contributed by atoms with Crippen molar-refractivity contribution in [1.82, 2.24) is 4.31 Å². The number of hydrogen-bond donors (Lipinski definition) is 1. The van der Waals surface area contributed by atoms with E-state index in [2.05, 4.69) is 15.9 Å². The van der Waals surface area contributed by atoms with E-state index in [9.17, 15) is 8.42 Å². The summed E-state index contributed by atoms with van der Waals surface area (Å²) < 4.78 is 27.5. The van der Waals surface area contributed by atoms with Gasteiger partial charge in [0, 0.05) is 22.4 Å². The number of nitrogen functional groups attached to an aromatic ring is 1. The number of rotatable bonds is 5. The van der Waals surface area contributed by atoms with Gasteiger partial charge in [0.15, 0.2) is 0 Å². The van der Waals surface area contributed by atoms with E-state index in [4.69, 9.17) is 5.73 Å². The molecule has 2 rings (SSSR count). The highest BCUT2D eigenvalue weighted by Crippen LogP contribution is 2.27. The van der Waals surface area contributed by atoms with Gasteiger partial charge in [0.05, 0.1) is 5.69 Å². The summed E-state index contributed by atoms with van der Waals surface area (Å²) in [6.07, 6.45) is 0. The van der Waals surface area contributed by atoms with Crippen molar-refractivity contribution in [2.45, 2.75) is 18.4 Å². The molecule has 0 spiro atoms. The van der Waals surface area contributed by atoms with Crippen LogP contribution in [0.1, 0.15) is 11.8 Å². The van der Waals surface area contributed by atoms with Crippen LogP contribution in [0.5, 0.6) is 0 Å². The van der Waals surface area contributed by atoms with Crippen molar-refractivity contribution < 1.29 is 8.42 Å². The summed E-state index contributed by atoms with van der Waals surface area (Å²) in [7, 11) is -3.60. The number of benzene rings is 1. The number of sulfonamides is 1. The van der Waals surface area contributed by atoms with Crippen molar-refractivity contribution in [3.63, 3.8) is 0 Å². The van der Waals surface area contributed by atoms with E-state index in [-0.39, 0.29) is 10.6 Å². The van der Waals surface area contributed by atoms with Crippen LogP contribution in [0.2, 0.25) is 0 Å². The van der Waals surface area contributed by atoms with Crippen molar-refractivity contribution in [3.05, 3.63) is 45.1 Å². The molecule has 0 unspecified atom stereocenters. The largest absolute Gasteiger partial charge is 0.398 e. The second kappa shape index (κ2) is 6.26. The Morgan fingerprint density at radius 1 is 1.35 bits per heavy atom. The van der Waals surface area contributed by atoms with Gasteiger partial charge in [0.1, 0.15) is 4.90 Å². The maximum Gasteiger partial charge on any atom is 0.245 e. The summed E-state index contributed by atoms with van der Waals surface area (Å²) >= 11 is 4.82. The summed E-state index contributed by atoms with van der Waals surface area (Å²) in [5.41, 5.74) is 6.08. The molecule has 0 aliphatic rings. The molecule has 4 nitrogen and oxygen atoms in total. The lowest BCUT2D eigenvalue weighted by Gasteiger charge is -2.21. The monoisotopic (exact) mass is 374 g/mol. The highest BCUT2D eigenvalue weighted by atomic mass is 79.9. The van der Waals surface area contributed by atoms with Gasteiger partial charge in [-0.2, -0.15) is 4.31 Å². The quantitative estimate of drug-likeness (QED) is 0.816. The zero-order valence-electron chi connectivity index (χ0n) is 10.9. The molecule has 1 aromatic carbocycles. The predicted molar refractivity (Wildman–Crippen MR) is 86.1 cm³/mol. The molecule has 2 N–H and O–H groups in total. The van der Waals surface area contributed by atoms with Crippen molar-refractivity contribution in [3.8, 4) is 0 Å². The third-order valence-corrected chi connectivity index (χ3v) is 6.19. The van der Waals surface area contributed by atoms with E-state index in [1.165, 1.54) is 15.6 Å². The van der Waals surface area contributed by atoms with E-state index >= 15 is 0 Å². The minimum absolute atomic E-state index is 0.144. The zero-order chi connectivity index (χ0) is 14.8. The third-order valence-electron chi connectivity index (χ3n) is 2.86. The third kappa shape index (κ3) is 3.22. The molecular weight excluding hydrogens is 360 g/mol. The van der Waals surface area contributed by atoms with Crippen LogP contribution in [0.4, 0.5) is 5.69 Å². The Hall–Kier alpha value is -0.890. The molecule has 0 aliphatic heterocycles. The van der Waals surface area contributed by atoms with Gasteiger partial charge in [-0.15, -0.1) is 11.3 Å². The molecule has 0 amide bonds. The first-order chi connectivity index (χ1) is 9.45. The van der Waals surface area contributed by atoms with Gasteiger partial charge in [-0.3, -0.25) is 0 Å². The van der Waals surface area contributed by atoms with Gasteiger partial charge < -0.3 is 5.73 Å². The first-order valence-corrected chi connectivity index (χ1v) is 9.14. The van der Waals surface area contributed by atoms with Crippen molar-refractivity contribution >= 4 is 43.0 Å². The average Bonchev–Trinajstić information content (AvgIpc) is 2.91. The molecule has 20 heavy (non-hydrogen) atoms. The minimum atomic E-state index is -3.60. The normalized spacial score (nSPS) is 11.9.